The first-order valence-corrected chi connectivity index (χ1v) is 12.0. The SMILES string of the molecule is COCC(=O)N(CC(C)C)CC1CN(Cc2ccc3c(c2)OCO3)CC1c1cccc(OC)c1. The van der Waals surface area contributed by atoms with Crippen molar-refractivity contribution in [3.8, 4) is 17.2 Å². The predicted molar refractivity (Wildman–Crippen MR) is 130 cm³/mol. The fourth-order valence-electron chi connectivity index (χ4n) is 5.04. The molecule has 1 amide bonds. The highest BCUT2D eigenvalue weighted by Gasteiger charge is 2.36. The molecule has 0 aliphatic carbocycles. The maximum atomic E-state index is 12.8. The Labute approximate surface area is 202 Å². The molecular formula is C27H36N2O5. The van der Waals surface area contributed by atoms with Crippen molar-refractivity contribution in [1.29, 1.82) is 0 Å². The first kappa shape index (κ1) is 24.4. The van der Waals surface area contributed by atoms with Gasteiger partial charge in [-0.25, -0.2) is 0 Å². The third kappa shape index (κ3) is 5.83. The molecule has 0 bridgehead atoms. The Morgan fingerprint density at radius 3 is 2.71 bits per heavy atom. The normalized spacial score (nSPS) is 19.6. The van der Waals surface area contributed by atoms with Gasteiger partial charge in [0.1, 0.15) is 12.4 Å². The zero-order chi connectivity index (χ0) is 24.1. The van der Waals surface area contributed by atoms with Gasteiger partial charge in [-0.15, -0.1) is 0 Å². The summed E-state index contributed by atoms with van der Waals surface area (Å²) in [4.78, 5) is 17.3. The lowest BCUT2D eigenvalue weighted by Crippen LogP contribution is -2.41. The second kappa shape index (κ2) is 11.1. The van der Waals surface area contributed by atoms with Crippen molar-refractivity contribution in [2.45, 2.75) is 26.3 Å². The van der Waals surface area contributed by atoms with Crippen LogP contribution in [-0.2, 0) is 16.1 Å². The van der Waals surface area contributed by atoms with Gasteiger partial charge in [0, 0.05) is 45.8 Å². The van der Waals surface area contributed by atoms with Crippen LogP contribution in [0.15, 0.2) is 42.5 Å². The third-order valence-electron chi connectivity index (χ3n) is 6.54. The number of amides is 1. The summed E-state index contributed by atoms with van der Waals surface area (Å²) in [5, 5.41) is 0. The number of fused-ring (bicyclic) bond motifs is 1. The quantitative estimate of drug-likeness (QED) is 0.529. The molecule has 184 valence electrons. The maximum absolute atomic E-state index is 12.8. The Morgan fingerprint density at radius 2 is 1.94 bits per heavy atom. The molecule has 1 fully saturated rings. The highest BCUT2D eigenvalue weighted by molar-refractivity contribution is 5.77. The van der Waals surface area contributed by atoms with E-state index in [1.807, 2.05) is 23.1 Å². The van der Waals surface area contributed by atoms with Gasteiger partial charge in [0.25, 0.3) is 0 Å². The Bertz CT molecular complexity index is 979. The molecule has 34 heavy (non-hydrogen) atoms. The number of methoxy groups -OCH3 is 2. The van der Waals surface area contributed by atoms with Crippen LogP contribution in [0.2, 0.25) is 0 Å². The van der Waals surface area contributed by atoms with E-state index in [1.165, 1.54) is 11.1 Å². The summed E-state index contributed by atoms with van der Waals surface area (Å²) in [6.45, 7) is 8.77. The van der Waals surface area contributed by atoms with Crippen molar-refractivity contribution in [1.82, 2.24) is 9.80 Å². The van der Waals surface area contributed by atoms with Crippen LogP contribution >= 0.6 is 0 Å². The topological polar surface area (TPSA) is 60.5 Å². The van der Waals surface area contributed by atoms with Gasteiger partial charge in [-0.2, -0.15) is 0 Å². The standard InChI is InChI=1S/C27H36N2O5/c1-19(2)12-29(27(30)17-31-3)15-22-14-28(13-20-8-9-25-26(10-20)34-18-33-25)16-24(22)21-6-5-7-23(11-21)32-4/h5-11,19,22,24H,12-18H2,1-4H3. The number of hydrogen-bond donors (Lipinski definition) is 0. The molecular weight excluding hydrogens is 432 g/mol. The first-order valence-electron chi connectivity index (χ1n) is 12.0. The number of ether oxygens (including phenoxy) is 4. The molecule has 2 aromatic carbocycles. The van der Waals surface area contributed by atoms with Gasteiger partial charge in [-0.3, -0.25) is 9.69 Å². The second-order valence-electron chi connectivity index (χ2n) is 9.65. The zero-order valence-corrected chi connectivity index (χ0v) is 20.7. The Hall–Kier alpha value is -2.77. The van der Waals surface area contributed by atoms with Crippen molar-refractivity contribution in [2.75, 3.05) is 53.8 Å². The number of hydrogen-bond acceptors (Lipinski definition) is 6. The second-order valence-corrected chi connectivity index (χ2v) is 9.65. The Kier molecular flexibility index (Phi) is 7.95. The summed E-state index contributed by atoms with van der Waals surface area (Å²) in [5.41, 5.74) is 2.45. The molecule has 2 heterocycles. The zero-order valence-electron chi connectivity index (χ0n) is 20.7. The number of nitrogens with zero attached hydrogens (tertiary/aromatic N) is 2. The van der Waals surface area contributed by atoms with E-state index in [1.54, 1.807) is 14.2 Å². The minimum Gasteiger partial charge on any atom is -0.497 e. The number of rotatable bonds is 10. The number of carbonyl (C=O) groups is 1. The van der Waals surface area contributed by atoms with Gasteiger partial charge in [0.15, 0.2) is 11.5 Å². The summed E-state index contributed by atoms with van der Waals surface area (Å²) in [6.07, 6.45) is 0. The highest BCUT2D eigenvalue weighted by atomic mass is 16.7. The fraction of sp³-hybridized carbons (Fsp3) is 0.519. The summed E-state index contributed by atoms with van der Waals surface area (Å²) in [5.74, 6) is 3.52. The molecule has 0 aromatic heterocycles. The van der Waals surface area contributed by atoms with Crippen LogP contribution < -0.4 is 14.2 Å². The van der Waals surface area contributed by atoms with Gasteiger partial charge in [-0.1, -0.05) is 32.0 Å². The lowest BCUT2D eigenvalue weighted by atomic mass is 9.88. The molecule has 2 aliphatic heterocycles. The molecule has 2 unspecified atom stereocenters. The molecule has 7 nitrogen and oxygen atoms in total. The van der Waals surface area contributed by atoms with Gasteiger partial charge in [-0.05, 0) is 47.2 Å². The van der Waals surface area contributed by atoms with Crippen molar-refractivity contribution >= 4 is 5.91 Å². The van der Waals surface area contributed by atoms with Crippen LogP contribution in [0.4, 0.5) is 0 Å². The molecule has 2 aromatic rings. The van der Waals surface area contributed by atoms with Crippen molar-refractivity contribution in [2.24, 2.45) is 11.8 Å². The summed E-state index contributed by atoms with van der Waals surface area (Å²) >= 11 is 0. The molecule has 4 rings (SSSR count). The molecule has 0 N–H and O–H groups in total. The minimum absolute atomic E-state index is 0.0508. The van der Waals surface area contributed by atoms with E-state index in [4.69, 9.17) is 18.9 Å². The maximum Gasteiger partial charge on any atom is 0.248 e. The molecule has 0 radical (unpaired) electrons. The van der Waals surface area contributed by atoms with Gasteiger partial charge in [0.2, 0.25) is 12.7 Å². The predicted octanol–water partition coefficient (Wildman–Crippen LogP) is 3.77. The van der Waals surface area contributed by atoms with Crippen LogP contribution in [0.3, 0.4) is 0 Å². The van der Waals surface area contributed by atoms with Crippen LogP contribution in [0.25, 0.3) is 0 Å². The van der Waals surface area contributed by atoms with Crippen molar-refractivity contribution < 1.29 is 23.7 Å². The first-order chi connectivity index (χ1) is 16.5. The number of benzene rings is 2. The Morgan fingerprint density at radius 1 is 1.12 bits per heavy atom. The van der Waals surface area contributed by atoms with E-state index in [-0.39, 0.29) is 19.3 Å². The molecule has 0 spiro atoms. The van der Waals surface area contributed by atoms with E-state index < -0.39 is 0 Å². The van der Waals surface area contributed by atoms with Gasteiger partial charge in [0.05, 0.1) is 7.11 Å². The smallest absolute Gasteiger partial charge is 0.248 e. The number of carbonyl (C=O) groups excluding carboxylic acids is 1. The van der Waals surface area contributed by atoms with Gasteiger partial charge < -0.3 is 23.8 Å². The largest absolute Gasteiger partial charge is 0.497 e. The molecule has 2 aliphatic rings. The monoisotopic (exact) mass is 468 g/mol. The lowest BCUT2D eigenvalue weighted by Gasteiger charge is -2.30. The van der Waals surface area contributed by atoms with E-state index in [0.29, 0.717) is 24.3 Å². The average Bonchev–Trinajstić information content (AvgIpc) is 3.45. The van der Waals surface area contributed by atoms with E-state index in [0.717, 1.165) is 43.4 Å². The summed E-state index contributed by atoms with van der Waals surface area (Å²) in [6, 6.07) is 14.5. The fourth-order valence-corrected chi connectivity index (χ4v) is 5.04. The minimum atomic E-state index is 0.0508. The van der Waals surface area contributed by atoms with E-state index >= 15 is 0 Å². The van der Waals surface area contributed by atoms with Crippen LogP contribution in [-0.4, -0.2) is 69.5 Å². The molecule has 7 heteroatoms. The molecule has 1 saturated heterocycles. The van der Waals surface area contributed by atoms with E-state index in [2.05, 4.69) is 43.0 Å². The molecule has 2 atom stereocenters. The molecule has 0 saturated carbocycles. The van der Waals surface area contributed by atoms with Crippen molar-refractivity contribution in [3.63, 3.8) is 0 Å². The highest BCUT2D eigenvalue weighted by Crippen LogP contribution is 2.37. The van der Waals surface area contributed by atoms with Crippen molar-refractivity contribution in [3.05, 3.63) is 53.6 Å². The van der Waals surface area contributed by atoms with Crippen LogP contribution in [0.1, 0.15) is 30.9 Å². The Balaban J connectivity index is 1.55. The third-order valence-corrected chi connectivity index (χ3v) is 6.54. The van der Waals surface area contributed by atoms with Crippen LogP contribution in [0, 0.1) is 11.8 Å². The average molecular weight is 469 g/mol. The summed E-state index contributed by atoms with van der Waals surface area (Å²) in [7, 11) is 3.28. The summed E-state index contributed by atoms with van der Waals surface area (Å²) < 4.78 is 21.7. The van der Waals surface area contributed by atoms with Gasteiger partial charge >= 0.3 is 0 Å². The van der Waals surface area contributed by atoms with E-state index in [9.17, 15) is 4.79 Å². The number of likely N-dealkylation sites (tertiary alicyclic amines) is 1. The van der Waals surface area contributed by atoms with Crippen LogP contribution in [0.5, 0.6) is 17.2 Å². The lowest BCUT2D eigenvalue weighted by molar-refractivity contribution is -0.136.